The molecule has 0 fully saturated rings. The first-order valence-electron chi connectivity index (χ1n) is 11.1. The number of nitrogens with one attached hydrogen (secondary N) is 3. The van der Waals surface area contributed by atoms with Crippen LogP contribution in [0.15, 0.2) is 12.2 Å². The topological polar surface area (TPSA) is 125 Å². The van der Waals surface area contributed by atoms with Crippen molar-refractivity contribution in [2.75, 3.05) is 13.6 Å². The molecule has 0 saturated heterocycles. The molecule has 0 saturated carbocycles. The zero-order valence-corrected chi connectivity index (χ0v) is 18.5. The van der Waals surface area contributed by atoms with Gasteiger partial charge in [0.05, 0.1) is 0 Å². The monoisotopic (exact) mass is 425 g/mol. The molecule has 172 valence electrons. The molecule has 30 heavy (non-hydrogen) atoms. The number of aliphatic carboxylic acids is 1. The van der Waals surface area contributed by atoms with Crippen molar-refractivity contribution >= 4 is 23.7 Å². The summed E-state index contributed by atoms with van der Waals surface area (Å²) in [6.45, 7) is 1.99. The van der Waals surface area contributed by atoms with Gasteiger partial charge in [-0.2, -0.15) is 0 Å². The van der Waals surface area contributed by atoms with Crippen LogP contribution in [-0.2, 0) is 19.2 Å². The van der Waals surface area contributed by atoms with Crippen molar-refractivity contribution in [2.45, 2.75) is 90.0 Å². The van der Waals surface area contributed by atoms with E-state index in [0.29, 0.717) is 13.0 Å². The van der Waals surface area contributed by atoms with Gasteiger partial charge in [-0.3, -0.25) is 19.2 Å². The molecule has 0 rings (SSSR count). The summed E-state index contributed by atoms with van der Waals surface area (Å²) >= 11 is 0. The molecule has 0 aromatic carbocycles. The lowest BCUT2D eigenvalue weighted by atomic mass is 10.1. The fraction of sp³-hybridized carbons (Fsp3) is 0.727. The van der Waals surface area contributed by atoms with Gasteiger partial charge in [0.25, 0.3) is 0 Å². The van der Waals surface area contributed by atoms with Crippen molar-refractivity contribution in [1.82, 2.24) is 16.0 Å². The number of amides is 3. The van der Waals surface area contributed by atoms with E-state index in [0.717, 1.165) is 44.9 Å². The lowest BCUT2D eigenvalue weighted by Gasteiger charge is -2.08. The van der Waals surface area contributed by atoms with Crippen LogP contribution in [0.4, 0.5) is 0 Å². The van der Waals surface area contributed by atoms with E-state index in [-0.39, 0.29) is 5.91 Å². The fourth-order valence-corrected chi connectivity index (χ4v) is 2.83. The number of carboxylic acids is 1. The number of hydrogen-bond donors (Lipinski definition) is 4. The zero-order valence-electron chi connectivity index (χ0n) is 18.5. The summed E-state index contributed by atoms with van der Waals surface area (Å²) in [5.74, 6) is -2.39. The summed E-state index contributed by atoms with van der Waals surface area (Å²) in [5, 5.41) is 16.1. The Balaban J connectivity index is 3.36. The Labute approximate surface area is 180 Å². The van der Waals surface area contributed by atoms with Gasteiger partial charge < -0.3 is 21.1 Å². The molecule has 0 aliphatic heterocycles. The average Bonchev–Trinajstić information content (AvgIpc) is 2.72. The molecule has 0 heterocycles. The maximum atomic E-state index is 11.5. The van der Waals surface area contributed by atoms with Crippen molar-refractivity contribution in [3.8, 4) is 0 Å². The van der Waals surface area contributed by atoms with Crippen LogP contribution in [0.1, 0.15) is 84.0 Å². The van der Waals surface area contributed by atoms with Crippen LogP contribution in [0, 0.1) is 0 Å². The lowest BCUT2D eigenvalue weighted by Crippen LogP contribution is -2.38. The second-order valence-electron chi connectivity index (χ2n) is 7.44. The smallest absolute Gasteiger partial charge is 0.325 e. The molecule has 8 heteroatoms. The maximum absolute atomic E-state index is 11.5. The quantitative estimate of drug-likeness (QED) is 0.162. The molecular formula is C22H39N3O5. The van der Waals surface area contributed by atoms with Crippen molar-refractivity contribution < 1.29 is 24.3 Å². The molecule has 0 unspecified atom stereocenters. The molecule has 4 N–H and O–H groups in total. The van der Waals surface area contributed by atoms with Crippen LogP contribution in [0.25, 0.3) is 0 Å². The Kier molecular flexibility index (Phi) is 17.2. The van der Waals surface area contributed by atoms with Gasteiger partial charge in [-0.1, -0.05) is 44.3 Å². The normalized spacial score (nSPS) is 11.8. The standard InChI is InChI=1S/C22H39N3O5/c1-18(22(29)30)25-19(26)16-14-12-10-8-6-4-3-5-7-9-11-13-15-17-24-21(28)20(27)23-2/h7,9,18H,3-6,8,10-17H2,1-2H3,(H,23,27)(H,24,28)(H,25,26)(H,29,30)/b9-7-/t18-/m0/s1. The highest BCUT2D eigenvalue weighted by Crippen LogP contribution is 2.10. The summed E-state index contributed by atoms with van der Waals surface area (Å²) in [5.41, 5.74) is 0. The molecule has 0 spiro atoms. The number of carboxylic acid groups (broad SMARTS) is 1. The van der Waals surface area contributed by atoms with E-state index in [9.17, 15) is 19.2 Å². The molecule has 3 amide bonds. The minimum Gasteiger partial charge on any atom is -0.480 e. The Morgan fingerprint density at radius 1 is 0.800 bits per heavy atom. The molecule has 0 aliphatic carbocycles. The molecule has 1 atom stereocenters. The summed E-state index contributed by atoms with van der Waals surface area (Å²) in [4.78, 5) is 44.4. The number of carbonyl (C=O) groups is 4. The van der Waals surface area contributed by atoms with Crippen LogP contribution in [0.3, 0.4) is 0 Å². The van der Waals surface area contributed by atoms with E-state index in [1.165, 1.54) is 39.7 Å². The molecule has 0 radical (unpaired) electrons. The second-order valence-corrected chi connectivity index (χ2v) is 7.44. The SMILES string of the molecule is CNC(=O)C(=O)NCCCC/C=C\CCCCCCCCCC(=O)N[C@@H](C)C(=O)O. The number of allylic oxidation sites excluding steroid dienone is 2. The van der Waals surface area contributed by atoms with E-state index in [2.05, 4.69) is 28.1 Å². The van der Waals surface area contributed by atoms with Crippen LogP contribution < -0.4 is 16.0 Å². The number of carbonyl (C=O) groups excluding carboxylic acids is 3. The van der Waals surface area contributed by atoms with Gasteiger partial charge in [0, 0.05) is 20.0 Å². The second kappa shape index (κ2) is 18.6. The zero-order chi connectivity index (χ0) is 22.6. The van der Waals surface area contributed by atoms with Crippen molar-refractivity contribution in [3.05, 3.63) is 12.2 Å². The van der Waals surface area contributed by atoms with Crippen LogP contribution in [-0.4, -0.2) is 48.4 Å². The van der Waals surface area contributed by atoms with E-state index >= 15 is 0 Å². The summed E-state index contributed by atoms with van der Waals surface area (Å²) < 4.78 is 0. The summed E-state index contributed by atoms with van der Waals surface area (Å²) in [6.07, 6.45) is 16.3. The number of likely N-dealkylation sites (N-methyl/N-ethyl adjacent to an activating group) is 1. The number of hydrogen-bond acceptors (Lipinski definition) is 4. The first kappa shape index (κ1) is 27.6. The average molecular weight is 426 g/mol. The molecule has 0 aliphatic rings. The molecule has 8 nitrogen and oxygen atoms in total. The predicted molar refractivity (Wildman–Crippen MR) is 117 cm³/mol. The Hall–Kier alpha value is -2.38. The molecule has 0 bridgehead atoms. The van der Waals surface area contributed by atoms with Gasteiger partial charge in [-0.15, -0.1) is 0 Å². The van der Waals surface area contributed by atoms with Gasteiger partial charge >= 0.3 is 17.8 Å². The molecule has 0 aromatic rings. The Morgan fingerprint density at radius 2 is 1.33 bits per heavy atom. The Bertz CT molecular complexity index is 549. The first-order valence-corrected chi connectivity index (χ1v) is 11.1. The number of unbranched alkanes of at least 4 members (excludes halogenated alkanes) is 9. The minimum atomic E-state index is -1.01. The van der Waals surface area contributed by atoms with Crippen LogP contribution >= 0.6 is 0 Å². The maximum Gasteiger partial charge on any atom is 0.325 e. The van der Waals surface area contributed by atoms with Gasteiger partial charge in [-0.05, 0) is 45.4 Å². The third kappa shape index (κ3) is 16.6. The third-order valence-corrected chi connectivity index (χ3v) is 4.71. The highest BCUT2D eigenvalue weighted by atomic mass is 16.4. The van der Waals surface area contributed by atoms with Crippen molar-refractivity contribution in [2.24, 2.45) is 0 Å². The fourth-order valence-electron chi connectivity index (χ4n) is 2.83. The third-order valence-electron chi connectivity index (χ3n) is 4.71. The van der Waals surface area contributed by atoms with Crippen LogP contribution in [0.2, 0.25) is 0 Å². The van der Waals surface area contributed by atoms with Gasteiger partial charge in [-0.25, -0.2) is 0 Å². The predicted octanol–water partition coefficient (Wildman–Crippen LogP) is 2.68. The Morgan fingerprint density at radius 3 is 1.90 bits per heavy atom. The van der Waals surface area contributed by atoms with Gasteiger partial charge in [0.15, 0.2) is 0 Å². The van der Waals surface area contributed by atoms with Crippen molar-refractivity contribution in [1.29, 1.82) is 0 Å². The van der Waals surface area contributed by atoms with Gasteiger partial charge in [0.2, 0.25) is 5.91 Å². The lowest BCUT2D eigenvalue weighted by molar-refractivity contribution is -0.141. The van der Waals surface area contributed by atoms with E-state index < -0.39 is 23.8 Å². The minimum absolute atomic E-state index is 0.190. The first-order chi connectivity index (χ1) is 14.4. The largest absolute Gasteiger partial charge is 0.480 e. The summed E-state index contributed by atoms with van der Waals surface area (Å²) in [7, 11) is 1.43. The highest BCUT2D eigenvalue weighted by Gasteiger charge is 2.13. The van der Waals surface area contributed by atoms with E-state index in [4.69, 9.17) is 5.11 Å². The summed E-state index contributed by atoms with van der Waals surface area (Å²) in [6, 6.07) is -0.825. The van der Waals surface area contributed by atoms with E-state index in [1.54, 1.807) is 0 Å². The molecule has 0 aromatic heterocycles. The van der Waals surface area contributed by atoms with Gasteiger partial charge in [0.1, 0.15) is 6.04 Å². The van der Waals surface area contributed by atoms with E-state index in [1.807, 2.05) is 0 Å². The number of rotatable bonds is 17. The van der Waals surface area contributed by atoms with Crippen molar-refractivity contribution in [3.63, 3.8) is 0 Å². The molecular weight excluding hydrogens is 386 g/mol. The van der Waals surface area contributed by atoms with Crippen LogP contribution in [0.5, 0.6) is 0 Å². The highest BCUT2D eigenvalue weighted by molar-refractivity contribution is 6.34.